The van der Waals surface area contributed by atoms with Gasteiger partial charge >= 0.3 is 0 Å². The van der Waals surface area contributed by atoms with Crippen LogP contribution in [0.4, 0.5) is 10.1 Å². The molecule has 0 fully saturated rings. The van der Waals surface area contributed by atoms with Crippen LogP contribution in [0.3, 0.4) is 0 Å². The van der Waals surface area contributed by atoms with E-state index in [0.29, 0.717) is 4.90 Å². The highest BCUT2D eigenvalue weighted by molar-refractivity contribution is 8.00. The van der Waals surface area contributed by atoms with Crippen LogP contribution in [0, 0.1) is 5.82 Å². The Morgan fingerprint density at radius 1 is 1.33 bits per heavy atom. The Morgan fingerprint density at radius 3 is 2.78 bits per heavy atom. The van der Waals surface area contributed by atoms with Gasteiger partial charge in [-0.1, -0.05) is 18.2 Å². The van der Waals surface area contributed by atoms with Crippen LogP contribution in [-0.2, 0) is 22.7 Å². The van der Waals surface area contributed by atoms with Gasteiger partial charge in [0.15, 0.2) is 0 Å². The summed E-state index contributed by atoms with van der Waals surface area (Å²) in [5, 5.41) is 6.68. The SMILES string of the molecule is C=CCN1C(=O)CSc2cnn(CC(=O)NCc3ccc(F)cc3)c(=O)c21. The number of halogens is 1. The predicted molar refractivity (Wildman–Crippen MR) is 100 cm³/mol. The van der Waals surface area contributed by atoms with Crippen molar-refractivity contribution in [3.8, 4) is 0 Å². The first-order chi connectivity index (χ1) is 13.0. The van der Waals surface area contributed by atoms with E-state index in [4.69, 9.17) is 0 Å². The molecule has 1 aliphatic heterocycles. The number of hydrogen-bond acceptors (Lipinski definition) is 5. The third-order valence-corrected chi connectivity index (χ3v) is 4.92. The summed E-state index contributed by atoms with van der Waals surface area (Å²) in [6, 6.07) is 5.74. The van der Waals surface area contributed by atoms with Crippen molar-refractivity contribution in [2.24, 2.45) is 0 Å². The lowest BCUT2D eigenvalue weighted by atomic mass is 10.2. The third-order valence-electron chi connectivity index (χ3n) is 3.91. The summed E-state index contributed by atoms with van der Waals surface area (Å²) >= 11 is 1.24. The van der Waals surface area contributed by atoms with Gasteiger partial charge in [-0.15, -0.1) is 18.3 Å². The molecule has 0 aliphatic carbocycles. The number of rotatable bonds is 6. The molecule has 2 heterocycles. The second kappa shape index (κ2) is 8.17. The van der Waals surface area contributed by atoms with E-state index in [1.807, 2.05) is 0 Å². The Morgan fingerprint density at radius 2 is 2.07 bits per heavy atom. The van der Waals surface area contributed by atoms with Gasteiger partial charge in [0, 0.05) is 13.1 Å². The monoisotopic (exact) mass is 388 g/mol. The molecule has 0 saturated carbocycles. The Kier molecular flexibility index (Phi) is 5.70. The summed E-state index contributed by atoms with van der Waals surface area (Å²) < 4.78 is 13.9. The van der Waals surface area contributed by atoms with Crippen molar-refractivity contribution in [1.82, 2.24) is 15.1 Å². The van der Waals surface area contributed by atoms with Crippen LogP contribution in [0.15, 0.2) is 52.8 Å². The number of anilines is 1. The van der Waals surface area contributed by atoms with Gasteiger partial charge in [-0.2, -0.15) is 5.10 Å². The summed E-state index contributed by atoms with van der Waals surface area (Å²) in [7, 11) is 0. The van der Waals surface area contributed by atoms with E-state index in [1.165, 1.54) is 41.1 Å². The quantitative estimate of drug-likeness (QED) is 0.755. The number of thioether (sulfide) groups is 1. The van der Waals surface area contributed by atoms with Gasteiger partial charge in [0.05, 0.1) is 16.8 Å². The number of carbonyl (C=O) groups excluding carboxylic acids is 2. The minimum atomic E-state index is -0.508. The van der Waals surface area contributed by atoms with Crippen LogP contribution in [0.25, 0.3) is 0 Å². The van der Waals surface area contributed by atoms with Gasteiger partial charge in [-0.05, 0) is 17.7 Å². The number of hydrogen-bond donors (Lipinski definition) is 1. The van der Waals surface area contributed by atoms with Gasteiger partial charge in [0.2, 0.25) is 11.8 Å². The highest BCUT2D eigenvalue weighted by Crippen LogP contribution is 2.31. The number of nitrogens with one attached hydrogen (secondary N) is 1. The van der Waals surface area contributed by atoms with Crippen LogP contribution in [0.1, 0.15) is 5.56 Å². The lowest BCUT2D eigenvalue weighted by Gasteiger charge is -2.27. The molecule has 0 saturated heterocycles. The highest BCUT2D eigenvalue weighted by Gasteiger charge is 2.28. The van der Waals surface area contributed by atoms with E-state index in [9.17, 15) is 18.8 Å². The molecule has 1 aromatic heterocycles. The molecule has 0 unspecified atom stereocenters. The second-order valence-corrected chi connectivity index (χ2v) is 6.82. The molecular formula is C18H17FN4O3S. The molecule has 7 nitrogen and oxygen atoms in total. The normalized spacial score (nSPS) is 13.2. The lowest BCUT2D eigenvalue weighted by Crippen LogP contribution is -2.42. The zero-order valence-electron chi connectivity index (χ0n) is 14.4. The van der Waals surface area contributed by atoms with Crippen molar-refractivity contribution in [3.63, 3.8) is 0 Å². The zero-order chi connectivity index (χ0) is 19.4. The Hall–Kier alpha value is -2.94. The molecule has 1 N–H and O–H groups in total. The van der Waals surface area contributed by atoms with Crippen LogP contribution >= 0.6 is 11.8 Å². The van der Waals surface area contributed by atoms with E-state index < -0.39 is 11.5 Å². The van der Waals surface area contributed by atoms with Crippen LogP contribution in [0.2, 0.25) is 0 Å². The predicted octanol–water partition coefficient (Wildman–Crippen LogP) is 1.32. The van der Waals surface area contributed by atoms with Gasteiger partial charge in [-0.25, -0.2) is 9.07 Å². The van der Waals surface area contributed by atoms with Gasteiger partial charge in [0.1, 0.15) is 18.0 Å². The Labute approximate surface area is 158 Å². The molecule has 27 heavy (non-hydrogen) atoms. The molecule has 0 radical (unpaired) electrons. The second-order valence-electron chi connectivity index (χ2n) is 5.81. The van der Waals surface area contributed by atoms with Crippen molar-refractivity contribution in [2.75, 3.05) is 17.2 Å². The first kappa shape index (κ1) is 18.8. The zero-order valence-corrected chi connectivity index (χ0v) is 15.2. The molecule has 2 amide bonds. The molecule has 0 bridgehead atoms. The highest BCUT2D eigenvalue weighted by atomic mass is 32.2. The fraction of sp³-hybridized carbons (Fsp3) is 0.222. The first-order valence-electron chi connectivity index (χ1n) is 8.15. The number of amides is 2. The molecule has 140 valence electrons. The minimum absolute atomic E-state index is 0.192. The van der Waals surface area contributed by atoms with Crippen molar-refractivity contribution >= 4 is 29.3 Å². The molecule has 0 spiro atoms. The summed E-state index contributed by atoms with van der Waals surface area (Å²) in [5.41, 5.74) is 0.443. The largest absolute Gasteiger partial charge is 0.350 e. The van der Waals surface area contributed by atoms with E-state index in [0.717, 1.165) is 10.2 Å². The number of aromatic nitrogens is 2. The average molecular weight is 388 g/mol. The van der Waals surface area contributed by atoms with Crippen molar-refractivity contribution in [3.05, 3.63) is 64.9 Å². The number of fused-ring (bicyclic) bond motifs is 1. The third kappa shape index (κ3) is 4.25. The summed E-state index contributed by atoms with van der Waals surface area (Å²) in [6.45, 7) is 3.74. The van der Waals surface area contributed by atoms with Crippen molar-refractivity contribution < 1.29 is 14.0 Å². The molecule has 3 rings (SSSR count). The molecule has 1 aromatic carbocycles. The fourth-order valence-corrected chi connectivity index (χ4v) is 3.48. The molecule has 9 heteroatoms. The smallest absolute Gasteiger partial charge is 0.292 e. The van der Waals surface area contributed by atoms with Gasteiger partial charge < -0.3 is 10.2 Å². The van der Waals surface area contributed by atoms with Crippen LogP contribution in [-0.4, -0.2) is 33.9 Å². The van der Waals surface area contributed by atoms with E-state index >= 15 is 0 Å². The topological polar surface area (TPSA) is 84.3 Å². The molecule has 1 aliphatic rings. The van der Waals surface area contributed by atoms with Crippen molar-refractivity contribution in [2.45, 2.75) is 18.0 Å². The summed E-state index contributed by atoms with van der Waals surface area (Å²) in [6.07, 6.45) is 3.02. The summed E-state index contributed by atoms with van der Waals surface area (Å²) in [4.78, 5) is 38.9. The number of benzene rings is 1. The fourth-order valence-electron chi connectivity index (χ4n) is 2.59. The molecular weight excluding hydrogens is 371 g/mol. The Balaban J connectivity index is 1.74. The number of nitrogens with zero attached hydrogens (tertiary/aromatic N) is 3. The van der Waals surface area contributed by atoms with E-state index in [2.05, 4.69) is 17.0 Å². The van der Waals surface area contributed by atoms with E-state index in [-0.39, 0.29) is 42.8 Å². The van der Waals surface area contributed by atoms with Gasteiger partial charge in [0.25, 0.3) is 5.56 Å². The van der Waals surface area contributed by atoms with Crippen LogP contribution in [0.5, 0.6) is 0 Å². The summed E-state index contributed by atoms with van der Waals surface area (Å²) in [5.74, 6) is -0.738. The van der Waals surface area contributed by atoms with Crippen LogP contribution < -0.4 is 15.8 Å². The number of carbonyl (C=O) groups is 2. The lowest BCUT2D eigenvalue weighted by molar-refractivity contribution is -0.122. The first-order valence-corrected chi connectivity index (χ1v) is 9.13. The molecule has 2 aromatic rings. The standard InChI is InChI=1S/C18H17FN4O3S/c1-2-7-22-16(25)11-27-14-9-21-23(18(26)17(14)22)10-15(24)20-8-12-3-5-13(19)6-4-12/h2-6,9H,1,7-8,10-11H2,(H,20,24). The molecule has 0 atom stereocenters. The maximum Gasteiger partial charge on any atom is 0.292 e. The average Bonchev–Trinajstić information content (AvgIpc) is 2.66. The maximum atomic E-state index is 12.9. The van der Waals surface area contributed by atoms with Gasteiger partial charge in [-0.3, -0.25) is 14.4 Å². The minimum Gasteiger partial charge on any atom is -0.350 e. The maximum absolute atomic E-state index is 12.9. The van der Waals surface area contributed by atoms with E-state index in [1.54, 1.807) is 12.1 Å². The van der Waals surface area contributed by atoms with Crippen molar-refractivity contribution in [1.29, 1.82) is 0 Å². The Bertz CT molecular complexity index is 943.